The average molecular weight is 743 g/mol. The van der Waals surface area contributed by atoms with Gasteiger partial charge in [0.05, 0.1) is 53.9 Å². The van der Waals surface area contributed by atoms with E-state index in [0.717, 1.165) is 5.57 Å². The van der Waals surface area contributed by atoms with E-state index in [2.05, 4.69) is 10.3 Å². The third-order valence-electron chi connectivity index (χ3n) is 9.48. The molecule has 0 amide bonds. The van der Waals surface area contributed by atoms with Gasteiger partial charge in [-0.25, -0.2) is 4.39 Å². The van der Waals surface area contributed by atoms with Crippen molar-refractivity contribution >= 4 is 23.0 Å². The van der Waals surface area contributed by atoms with Gasteiger partial charge in [-0.3, -0.25) is 14.6 Å². The number of nitrogens with zero attached hydrogens (tertiary/aromatic N) is 1. The summed E-state index contributed by atoms with van der Waals surface area (Å²) in [6.45, 7) is 1.79. The second-order valence-corrected chi connectivity index (χ2v) is 13.4. The fourth-order valence-corrected chi connectivity index (χ4v) is 6.39. The molecule has 0 bridgehead atoms. The Labute approximate surface area is 301 Å². The minimum absolute atomic E-state index is 0.00998. The summed E-state index contributed by atoms with van der Waals surface area (Å²) in [4.78, 5) is 29.9. The molecule has 3 aromatic carbocycles. The number of rotatable bonds is 13. The number of ketones is 1. The Morgan fingerprint density at radius 3 is 2.15 bits per heavy atom. The number of anilines is 1. The van der Waals surface area contributed by atoms with Crippen LogP contribution in [0, 0.1) is 18.7 Å². The highest BCUT2D eigenvalue weighted by Crippen LogP contribution is 2.41. The summed E-state index contributed by atoms with van der Waals surface area (Å²) in [5.41, 5.74) is -1.51. The van der Waals surface area contributed by atoms with Crippen molar-refractivity contribution in [2.75, 3.05) is 18.5 Å². The number of carbonyl (C=O) groups is 2. The molecule has 0 fully saturated rings. The predicted octanol–water partition coefficient (Wildman–Crippen LogP) is 10.0. The first-order valence-electron chi connectivity index (χ1n) is 16.8. The van der Waals surface area contributed by atoms with Crippen molar-refractivity contribution in [3.05, 3.63) is 124 Å². The van der Waals surface area contributed by atoms with Crippen LogP contribution in [-0.4, -0.2) is 35.0 Å². The average Bonchev–Trinajstić information content (AvgIpc) is 3.10. The number of carboxylic acid groups (broad SMARTS) is 1. The lowest BCUT2D eigenvalue weighted by Crippen LogP contribution is -2.41. The molecular formula is C40H37F7N2O4. The van der Waals surface area contributed by atoms with Crippen LogP contribution in [0.2, 0.25) is 0 Å². The number of halogens is 7. The Hall–Kier alpha value is -5.04. The van der Waals surface area contributed by atoms with E-state index >= 15 is 0 Å². The molecule has 0 saturated heterocycles. The van der Waals surface area contributed by atoms with Gasteiger partial charge in [0.2, 0.25) is 0 Å². The molecule has 0 aliphatic heterocycles. The Morgan fingerprint density at radius 1 is 0.906 bits per heavy atom. The van der Waals surface area contributed by atoms with Crippen LogP contribution in [0.1, 0.15) is 66.1 Å². The fourth-order valence-electron chi connectivity index (χ4n) is 6.39. The monoisotopic (exact) mass is 742 g/mol. The zero-order valence-electron chi connectivity index (χ0n) is 28.9. The SMILES string of the molecule is Cc1cc(F)ccc1-c1cc(C2=CCC(CC(=O)O)CC2)ncc1NCC(=O)C(C)(COCc1ccccc1)c1cc(C(F)(F)F)cc(C(F)(F)F)c1. The zero-order valence-corrected chi connectivity index (χ0v) is 28.9. The lowest BCUT2D eigenvalue weighted by atomic mass is 9.77. The molecule has 2 unspecified atom stereocenters. The van der Waals surface area contributed by atoms with Gasteiger partial charge >= 0.3 is 18.3 Å². The minimum Gasteiger partial charge on any atom is -0.481 e. The molecule has 5 rings (SSSR count). The van der Waals surface area contributed by atoms with Crippen molar-refractivity contribution in [1.82, 2.24) is 4.98 Å². The number of aromatic nitrogens is 1. The van der Waals surface area contributed by atoms with Gasteiger partial charge in [-0.1, -0.05) is 42.5 Å². The summed E-state index contributed by atoms with van der Waals surface area (Å²) in [5.74, 6) is -2.13. The quantitative estimate of drug-likeness (QED) is 0.133. The zero-order chi connectivity index (χ0) is 38.6. The summed E-state index contributed by atoms with van der Waals surface area (Å²) in [6.07, 6.45) is -5.09. The number of hydrogen-bond donors (Lipinski definition) is 2. The molecule has 53 heavy (non-hydrogen) atoms. The second-order valence-electron chi connectivity index (χ2n) is 13.4. The number of carbonyl (C=O) groups excluding carboxylic acids is 1. The molecule has 13 heteroatoms. The maximum atomic E-state index is 14.2. The summed E-state index contributed by atoms with van der Waals surface area (Å²) in [7, 11) is 0. The first-order chi connectivity index (χ1) is 24.9. The van der Waals surface area contributed by atoms with Crippen LogP contribution in [0.5, 0.6) is 0 Å². The first kappa shape index (κ1) is 39.2. The molecule has 0 spiro atoms. The molecule has 2 N–H and O–H groups in total. The van der Waals surface area contributed by atoms with Crippen molar-refractivity contribution in [3.8, 4) is 11.1 Å². The van der Waals surface area contributed by atoms with E-state index in [9.17, 15) is 45.4 Å². The molecule has 0 radical (unpaired) electrons. The Bertz CT molecular complexity index is 1960. The third-order valence-corrected chi connectivity index (χ3v) is 9.48. The lowest BCUT2D eigenvalue weighted by Gasteiger charge is -2.30. The molecule has 6 nitrogen and oxygen atoms in total. The van der Waals surface area contributed by atoms with E-state index in [1.165, 1.54) is 25.3 Å². The van der Waals surface area contributed by atoms with Gasteiger partial charge in [-0.05, 0) is 103 Å². The number of hydrogen-bond acceptors (Lipinski definition) is 5. The molecule has 2 atom stereocenters. The van der Waals surface area contributed by atoms with Crippen molar-refractivity contribution in [1.29, 1.82) is 0 Å². The lowest BCUT2D eigenvalue weighted by molar-refractivity contribution is -0.143. The van der Waals surface area contributed by atoms with Crippen LogP contribution < -0.4 is 5.32 Å². The molecule has 1 aromatic heterocycles. The van der Waals surface area contributed by atoms with E-state index < -0.39 is 65.2 Å². The number of aryl methyl sites for hydroxylation is 1. The summed E-state index contributed by atoms with van der Waals surface area (Å²) in [6, 6.07) is 15.7. The van der Waals surface area contributed by atoms with Crippen LogP contribution in [-0.2, 0) is 38.7 Å². The Balaban J connectivity index is 1.50. The predicted molar refractivity (Wildman–Crippen MR) is 185 cm³/mol. The van der Waals surface area contributed by atoms with Gasteiger partial charge in [0.25, 0.3) is 0 Å². The highest BCUT2D eigenvalue weighted by Gasteiger charge is 2.42. The second kappa shape index (κ2) is 15.9. The number of allylic oxidation sites excluding steroid dienone is 2. The number of pyridine rings is 1. The maximum Gasteiger partial charge on any atom is 0.416 e. The number of carboxylic acids is 1. The molecule has 1 aliphatic rings. The van der Waals surface area contributed by atoms with Gasteiger partial charge in [-0.15, -0.1) is 0 Å². The highest BCUT2D eigenvalue weighted by molar-refractivity contribution is 5.94. The number of benzene rings is 3. The van der Waals surface area contributed by atoms with E-state index in [-0.39, 0.29) is 25.0 Å². The van der Waals surface area contributed by atoms with Gasteiger partial charge in [0.15, 0.2) is 5.78 Å². The van der Waals surface area contributed by atoms with Crippen LogP contribution in [0.4, 0.5) is 36.4 Å². The van der Waals surface area contributed by atoms with Gasteiger partial charge < -0.3 is 15.2 Å². The van der Waals surface area contributed by atoms with Crippen LogP contribution in [0.3, 0.4) is 0 Å². The van der Waals surface area contributed by atoms with Crippen LogP contribution in [0.25, 0.3) is 16.7 Å². The number of aliphatic carboxylic acids is 1. The first-order valence-corrected chi connectivity index (χ1v) is 16.8. The van der Waals surface area contributed by atoms with Crippen LogP contribution >= 0.6 is 0 Å². The topological polar surface area (TPSA) is 88.5 Å². The molecule has 0 saturated carbocycles. The Kier molecular flexibility index (Phi) is 11.8. The smallest absolute Gasteiger partial charge is 0.416 e. The maximum absolute atomic E-state index is 14.2. The molecule has 1 aliphatic carbocycles. The molecule has 1 heterocycles. The number of Topliss-reactive ketones (excluding diaryl/α,β-unsaturated/α-hetero) is 1. The van der Waals surface area contributed by atoms with Crippen molar-refractivity contribution in [2.45, 2.75) is 63.9 Å². The van der Waals surface area contributed by atoms with E-state index in [4.69, 9.17) is 4.74 Å². The third kappa shape index (κ3) is 9.69. The number of ether oxygens (including phenoxy) is 1. The molecule has 280 valence electrons. The number of alkyl halides is 6. The highest BCUT2D eigenvalue weighted by atomic mass is 19.4. The van der Waals surface area contributed by atoms with E-state index in [1.807, 2.05) is 6.08 Å². The van der Waals surface area contributed by atoms with Gasteiger partial charge in [0, 0.05) is 12.0 Å². The van der Waals surface area contributed by atoms with Gasteiger partial charge in [-0.2, -0.15) is 26.3 Å². The van der Waals surface area contributed by atoms with E-state index in [0.29, 0.717) is 65.0 Å². The number of nitrogens with one attached hydrogen (secondary N) is 1. The van der Waals surface area contributed by atoms with Crippen molar-refractivity contribution in [3.63, 3.8) is 0 Å². The summed E-state index contributed by atoms with van der Waals surface area (Å²) < 4.78 is 103. The Morgan fingerprint density at radius 2 is 1.57 bits per heavy atom. The fraction of sp³-hybridized carbons (Fsp3) is 0.325. The van der Waals surface area contributed by atoms with Crippen molar-refractivity contribution < 1.29 is 50.2 Å². The largest absolute Gasteiger partial charge is 0.481 e. The normalized spacial score (nSPS) is 16.1. The van der Waals surface area contributed by atoms with E-state index in [1.54, 1.807) is 49.4 Å². The summed E-state index contributed by atoms with van der Waals surface area (Å²) in [5, 5.41) is 12.2. The molecule has 4 aromatic rings. The van der Waals surface area contributed by atoms with Crippen molar-refractivity contribution in [2.24, 2.45) is 5.92 Å². The minimum atomic E-state index is -5.14. The van der Waals surface area contributed by atoms with Crippen LogP contribution in [0.15, 0.2) is 85.1 Å². The summed E-state index contributed by atoms with van der Waals surface area (Å²) >= 11 is 0. The molecular weight excluding hydrogens is 705 g/mol. The standard InChI is InChI=1S/C40H37F7N2O4/c1-24-14-31(41)12-13-32(24)33-19-34(27-10-8-25(9-11-27)15-37(51)52)48-20-35(33)49-21-36(50)38(2,23-53-22-26-6-4-3-5-7-26)28-16-29(39(42,43)44)18-30(17-28)40(45,46)47/h3-7,10,12-14,16-20,25,49H,8-9,11,15,21-23H2,1-2H3,(H,51,52). The van der Waals surface area contributed by atoms with Gasteiger partial charge in [0.1, 0.15) is 5.82 Å².